The highest BCUT2D eigenvalue weighted by molar-refractivity contribution is 5.78. The summed E-state index contributed by atoms with van der Waals surface area (Å²) < 4.78 is 0. The maximum atomic E-state index is 11.3. The van der Waals surface area contributed by atoms with Crippen molar-refractivity contribution in [3.63, 3.8) is 0 Å². The van der Waals surface area contributed by atoms with Crippen molar-refractivity contribution in [1.29, 1.82) is 0 Å². The van der Waals surface area contributed by atoms with E-state index in [1.807, 2.05) is 13.8 Å². The molecular weight excluding hydrogens is 150 g/mol. The third-order valence-electron chi connectivity index (χ3n) is 2.48. The molecule has 1 amide bonds. The number of amides is 1. The number of nitrogens with one attached hydrogen (secondary N) is 1. The predicted octanol–water partition coefficient (Wildman–Crippen LogP) is 2.34. The standard InChI is InChI=1S/C10H19NO.H2/c1-8(2)10(12)11-9-6-4-3-5-7-9;/h8-9H,3-7H2,1-2H3,(H,11,12);1H. The SMILES string of the molecule is CC(C)C(=O)NC1CCCCC1.[HH]. The number of carbonyl (C=O) groups excluding carboxylic acids is 1. The van der Waals surface area contributed by atoms with Crippen molar-refractivity contribution in [3.8, 4) is 0 Å². The maximum Gasteiger partial charge on any atom is 0.222 e. The van der Waals surface area contributed by atoms with Gasteiger partial charge < -0.3 is 5.32 Å². The first-order chi connectivity index (χ1) is 5.70. The van der Waals surface area contributed by atoms with Crippen LogP contribution in [0.5, 0.6) is 0 Å². The molecule has 0 unspecified atom stereocenters. The molecule has 2 heteroatoms. The Kier molecular flexibility index (Phi) is 3.57. The van der Waals surface area contributed by atoms with Crippen LogP contribution in [0.1, 0.15) is 47.4 Å². The summed E-state index contributed by atoms with van der Waals surface area (Å²) in [5, 5.41) is 3.08. The summed E-state index contributed by atoms with van der Waals surface area (Å²) in [6.07, 6.45) is 6.26. The Labute approximate surface area is 76.2 Å². The van der Waals surface area contributed by atoms with Gasteiger partial charge in [-0.2, -0.15) is 0 Å². The van der Waals surface area contributed by atoms with E-state index in [1.54, 1.807) is 0 Å². The molecule has 0 spiro atoms. The van der Waals surface area contributed by atoms with E-state index >= 15 is 0 Å². The van der Waals surface area contributed by atoms with Gasteiger partial charge in [-0.25, -0.2) is 0 Å². The lowest BCUT2D eigenvalue weighted by atomic mass is 9.95. The van der Waals surface area contributed by atoms with E-state index in [0.29, 0.717) is 6.04 Å². The van der Waals surface area contributed by atoms with Crippen LogP contribution in [0.15, 0.2) is 0 Å². The third-order valence-corrected chi connectivity index (χ3v) is 2.48. The molecule has 0 aromatic heterocycles. The summed E-state index contributed by atoms with van der Waals surface area (Å²) in [4.78, 5) is 11.3. The quantitative estimate of drug-likeness (QED) is 0.679. The van der Waals surface area contributed by atoms with Crippen molar-refractivity contribution in [3.05, 3.63) is 0 Å². The highest BCUT2D eigenvalue weighted by Crippen LogP contribution is 2.17. The van der Waals surface area contributed by atoms with Gasteiger partial charge in [-0.1, -0.05) is 33.1 Å². The molecule has 0 aliphatic heterocycles. The molecule has 0 bridgehead atoms. The summed E-state index contributed by atoms with van der Waals surface area (Å²) in [5.41, 5.74) is 0. The zero-order valence-electron chi connectivity index (χ0n) is 8.10. The lowest BCUT2D eigenvalue weighted by Gasteiger charge is -2.23. The molecule has 1 fully saturated rings. The molecule has 0 aromatic carbocycles. The summed E-state index contributed by atoms with van der Waals surface area (Å²) in [5.74, 6) is 0.342. The average molecular weight is 171 g/mol. The Hall–Kier alpha value is -0.530. The molecule has 1 saturated carbocycles. The van der Waals surface area contributed by atoms with Crippen molar-refractivity contribution < 1.29 is 6.22 Å². The summed E-state index contributed by atoms with van der Waals surface area (Å²) in [6, 6.07) is 0.466. The zero-order chi connectivity index (χ0) is 8.97. The number of hydrogen-bond acceptors (Lipinski definition) is 1. The van der Waals surface area contributed by atoms with Crippen molar-refractivity contribution in [2.75, 3.05) is 0 Å². The monoisotopic (exact) mass is 171 g/mol. The summed E-state index contributed by atoms with van der Waals surface area (Å²) in [6.45, 7) is 3.89. The molecule has 72 valence electrons. The van der Waals surface area contributed by atoms with E-state index in [2.05, 4.69) is 5.32 Å². The Morgan fingerprint density at radius 1 is 1.33 bits per heavy atom. The van der Waals surface area contributed by atoms with Gasteiger partial charge in [0.2, 0.25) is 5.91 Å². The van der Waals surface area contributed by atoms with Crippen LogP contribution in [0.2, 0.25) is 0 Å². The van der Waals surface area contributed by atoms with Crippen LogP contribution in [-0.4, -0.2) is 11.9 Å². The molecule has 1 aliphatic rings. The van der Waals surface area contributed by atoms with Crippen LogP contribution >= 0.6 is 0 Å². The number of carbonyl (C=O) groups is 1. The smallest absolute Gasteiger partial charge is 0.222 e. The Morgan fingerprint density at radius 2 is 1.92 bits per heavy atom. The largest absolute Gasteiger partial charge is 0.353 e. The molecule has 0 aromatic rings. The second-order valence-electron chi connectivity index (χ2n) is 4.00. The van der Waals surface area contributed by atoms with Gasteiger partial charge in [0.25, 0.3) is 0 Å². The van der Waals surface area contributed by atoms with Gasteiger partial charge in [-0.3, -0.25) is 4.79 Å². The number of hydrogen-bond donors (Lipinski definition) is 1. The van der Waals surface area contributed by atoms with Gasteiger partial charge in [0.15, 0.2) is 0 Å². The minimum Gasteiger partial charge on any atom is -0.353 e. The van der Waals surface area contributed by atoms with E-state index in [4.69, 9.17) is 0 Å². The molecule has 1 N–H and O–H groups in total. The first-order valence-electron chi connectivity index (χ1n) is 5.00. The first kappa shape index (κ1) is 9.56. The van der Waals surface area contributed by atoms with E-state index in [-0.39, 0.29) is 13.3 Å². The molecule has 0 saturated heterocycles. The fourth-order valence-corrected chi connectivity index (χ4v) is 1.61. The van der Waals surface area contributed by atoms with Crippen LogP contribution in [0.25, 0.3) is 0 Å². The summed E-state index contributed by atoms with van der Waals surface area (Å²) in [7, 11) is 0. The first-order valence-corrected chi connectivity index (χ1v) is 5.00. The molecule has 2 nitrogen and oxygen atoms in total. The fourth-order valence-electron chi connectivity index (χ4n) is 1.61. The molecular formula is C10H21NO. The normalized spacial score (nSPS) is 19.6. The molecule has 0 atom stereocenters. The van der Waals surface area contributed by atoms with Crippen molar-refractivity contribution in [2.45, 2.75) is 52.0 Å². The van der Waals surface area contributed by atoms with E-state index in [9.17, 15) is 4.79 Å². The average Bonchev–Trinajstić information content (AvgIpc) is 2.06. The van der Waals surface area contributed by atoms with Crippen LogP contribution in [0.3, 0.4) is 0 Å². The second kappa shape index (κ2) is 4.48. The molecule has 12 heavy (non-hydrogen) atoms. The Bertz CT molecular complexity index is 153. The van der Waals surface area contributed by atoms with E-state index in [0.717, 1.165) is 0 Å². The lowest BCUT2D eigenvalue weighted by Crippen LogP contribution is -2.38. The minimum absolute atomic E-state index is 0. The molecule has 1 rings (SSSR count). The van der Waals surface area contributed by atoms with Gasteiger partial charge >= 0.3 is 0 Å². The zero-order valence-corrected chi connectivity index (χ0v) is 8.10. The topological polar surface area (TPSA) is 29.1 Å². The highest BCUT2D eigenvalue weighted by atomic mass is 16.1. The minimum atomic E-state index is 0. The predicted molar refractivity (Wildman–Crippen MR) is 52.0 cm³/mol. The summed E-state index contributed by atoms with van der Waals surface area (Å²) >= 11 is 0. The van der Waals surface area contributed by atoms with Gasteiger partial charge in [0, 0.05) is 13.4 Å². The Balaban J connectivity index is 0.00000144. The molecule has 0 radical (unpaired) electrons. The Morgan fingerprint density at radius 3 is 2.42 bits per heavy atom. The third kappa shape index (κ3) is 2.84. The lowest BCUT2D eigenvalue weighted by molar-refractivity contribution is -0.124. The van der Waals surface area contributed by atoms with Crippen molar-refractivity contribution in [1.82, 2.24) is 5.32 Å². The van der Waals surface area contributed by atoms with Crippen molar-refractivity contribution in [2.24, 2.45) is 5.92 Å². The van der Waals surface area contributed by atoms with Crippen LogP contribution in [-0.2, 0) is 4.79 Å². The molecule has 0 heterocycles. The number of rotatable bonds is 2. The van der Waals surface area contributed by atoms with Crippen LogP contribution < -0.4 is 5.32 Å². The van der Waals surface area contributed by atoms with Crippen LogP contribution in [0, 0.1) is 5.92 Å². The van der Waals surface area contributed by atoms with Gasteiger partial charge in [0.05, 0.1) is 0 Å². The van der Waals surface area contributed by atoms with E-state index < -0.39 is 0 Å². The van der Waals surface area contributed by atoms with Crippen LogP contribution in [0.4, 0.5) is 0 Å². The fraction of sp³-hybridized carbons (Fsp3) is 0.900. The van der Waals surface area contributed by atoms with Gasteiger partial charge in [0.1, 0.15) is 0 Å². The van der Waals surface area contributed by atoms with Gasteiger partial charge in [-0.05, 0) is 12.8 Å². The maximum absolute atomic E-state index is 11.3. The molecule has 1 aliphatic carbocycles. The van der Waals surface area contributed by atoms with E-state index in [1.165, 1.54) is 32.1 Å². The van der Waals surface area contributed by atoms with Crippen molar-refractivity contribution >= 4 is 5.91 Å². The van der Waals surface area contributed by atoms with Gasteiger partial charge in [-0.15, -0.1) is 0 Å². The second-order valence-corrected chi connectivity index (χ2v) is 4.00. The highest BCUT2D eigenvalue weighted by Gasteiger charge is 2.16.